The number of hydrazone groups is 1. The molecule has 0 aliphatic carbocycles. The molecule has 1 aromatic carbocycles. The van der Waals surface area contributed by atoms with Crippen LogP contribution in [0.15, 0.2) is 27.9 Å². The summed E-state index contributed by atoms with van der Waals surface area (Å²) in [7, 11) is 3.04. The lowest BCUT2D eigenvalue weighted by Crippen LogP contribution is -2.22. The van der Waals surface area contributed by atoms with Crippen molar-refractivity contribution >= 4 is 17.9 Å². The Morgan fingerprint density at radius 2 is 2.15 bits per heavy atom. The molecule has 0 saturated heterocycles. The average molecular weight is 372 g/mol. The summed E-state index contributed by atoms with van der Waals surface area (Å²) in [6, 6.07) is 5.28. The smallest absolute Gasteiger partial charge is 0.292 e. The SMILES string of the molecule is COc1cccc(/C=N\NC(=O)c2c(C)nnn2-c2nonc2N)c1OC. The van der Waals surface area contributed by atoms with Crippen LogP contribution in [-0.4, -0.2) is 51.6 Å². The molecule has 3 N–H and O–H groups in total. The number of nitrogens with two attached hydrogens (primary N) is 1. The van der Waals surface area contributed by atoms with Crippen LogP contribution in [0.3, 0.4) is 0 Å². The number of anilines is 1. The predicted molar refractivity (Wildman–Crippen MR) is 93.0 cm³/mol. The zero-order chi connectivity index (χ0) is 19.4. The summed E-state index contributed by atoms with van der Waals surface area (Å²) >= 11 is 0. The normalized spacial score (nSPS) is 10.9. The molecule has 0 radical (unpaired) electrons. The van der Waals surface area contributed by atoms with Crippen LogP contribution in [-0.2, 0) is 0 Å². The average Bonchev–Trinajstić information content (AvgIpc) is 3.26. The fourth-order valence-electron chi connectivity index (χ4n) is 2.33. The number of ether oxygens (including phenoxy) is 2. The van der Waals surface area contributed by atoms with Crippen molar-refractivity contribution < 1.29 is 18.9 Å². The van der Waals surface area contributed by atoms with Crippen LogP contribution in [0.1, 0.15) is 21.7 Å². The highest BCUT2D eigenvalue weighted by atomic mass is 16.6. The van der Waals surface area contributed by atoms with Gasteiger partial charge >= 0.3 is 0 Å². The van der Waals surface area contributed by atoms with E-state index in [1.165, 1.54) is 20.4 Å². The van der Waals surface area contributed by atoms with E-state index in [9.17, 15) is 4.79 Å². The van der Waals surface area contributed by atoms with Gasteiger partial charge in [-0.2, -0.15) is 9.78 Å². The van der Waals surface area contributed by atoms with E-state index in [2.05, 4.69) is 35.8 Å². The third-order valence-corrected chi connectivity index (χ3v) is 3.55. The zero-order valence-electron chi connectivity index (χ0n) is 14.7. The molecule has 0 aliphatic rings. The van der Waals surface area contributed by atoms with E-state index in [1.807, 2.05) is 0 Å². The Morgan fingerprint density at radius 1 is 1.33 bits per heavy atom. The van der Waals surface area contributed by atoms with Crippen LogP contribution in [0, 0.1) is 6.92 Å². The van der Waals surface area contributed by atoms with E-state index in [-0.39, 0.29) is 17.3 Å². The molecule has 0 spiro atoms. The van der Waals surface area contributed by atoms with Crippen molar-refractivity contribution in [2.24, 2.45) is 5.10 Å². The monoisotopic (exact) mass is 372 g/mol. The summed E-state index contributed by atoms with van der Waals surface area (Å²) in [5.74, 6) is 0.484. The molecule has 12 nitrogen and oxygen atoms in total. The minimum absolute atomic E-state index is 0.0291. The van der Waals surface area contributed by atoms with Gasteiger partial charge in [-0.15, -0.1) is 5.10 Å². The number of hydrogen-bond donors (Lipinski definition) is 2. The van der Waals surface area contributed by atoms with E-state index >= 15 is 0 Å². The molecular formula is C15H16N8O4. The van der Waals surface area contributed by atoms with Crippen LogP contribution in [0.5, 0.6) is 11.5 Å². The van der Waals surface area contributed by atoms with Crippen LogP contribution in [0.25, 0.3) is 5.82 Å². The van der Waals surface area contributed by atoms with Crippen molar-refractivity contribution in [2.75, 3.05) is 20.0 Å². The minimum Gasteiger partial charge on any atom is -0.493 e. The van der Waals surface area contributed by atoms with Gasteiger partial charge in [-0.05, 0) is 29.4 Å². The van der Waals surface area contributed by atoms with Gasteiger partial charge in [0.05, 0.1) is 26.1 Å². The molecule has 0 aliphatic heterocycles. The number of hydrogen-bond acceptors (Lipinski definition) is 10. The molecule has 1 amide bonds. The van der Waals surface area contributed by atoms with Gasteiger partial charge < -0.3 is 15.2 Å². The lowest BCUT2D eigenvalue weighted by Gasteiger charge is -2.09. The van der Waals surface area contributed by atoms with E-state index in [0.717, 1.165) is 4.68 Å². The van der Waals surface area contributed by atoms with Gasteiger partial charge in [0.2, 0.25) is 11.6 Å². The highest BCUT2D eigenvalue weighted by Crippen LogP contribution is 2.29. The number of nitrogens with one attached hydrogen (secondary N) is 1. The first-order valence-electron chi connectivity index (χ1n) is 7.62. The number of carbonyl (C=O) groups is 1. The zero-order valence-corrected chi connectivity index (χ0v) is 14.7. The second kappa shape index (κ2) is 7.51. The molecule has 3 rings (SSSR count). The van der Waals surface area contributed by atoms with E-state index in [0.29, 0.717) is 22.8 Å². The van der Waals surface area contributed by atoms with E-state index in [4.69, 9.17) is 15.2 Å². The fraction of sp³-hybridized carbons (Fsp3) is 0.200. The minimum atomic E-state index is -0.571. The summed E-state index contributed by atoms with van der Waals surface area (Å²) in [5, 5.41) is 18.7. The third kappa shape index (κ3) is 3.40. The Hall–Kier alpha value is -3.96. The first-order valence-corrected chi connectivity index (χ1v) is 7.62. The molecule has 0 fully saturated rings. The number of carbonyl (C=O) groups excluding carboxylic acids is 1. The molecule has 0 unspecified atom stereocenters. The topological polar surface area (TPSA) is 156 Å². The predicted octanol–water partition coefficient (Wildman–Crippen LogP) is 0.322. The maximum atomic E-state index is 12.5. The van der Waals surface area contributed by atoms with Crippen molar-refractivity contribution in [1.29, 1.82) is 0 Å². The van der Waals surface area contributed by atoms with Gasteiger partial charge in [0.1, 0.15) is 0 Å². The molecule has 27 heavy (non-hydrogen) atoms. The summed E-state index contributed by atoms with van der Waals surface area (Å²) in [6.07, 6.45) is 1.43. The standard InChI is InChI=1S/C15H16N8O4/c1-8-11(23(22-18-8)14-13(16)20-27-21-14)15(24)19-17-7-9-5-4-6-10(25-2)12(9)26-3/h4-7H,1-3H3,(H2,16,20)(H,19,24)/b17-7-. The van der Waals surface area contributed by atoms with E-state index < -0.39 is 5.91 Å². The number of nitrogen functional groups attached to an aromatic ring is 1. The van der Waals surface area contributed by atoms with Gasteiger partial charge in [-0.1, -0.05) is 11.3 Å². The molecule has 2 aromatic heterocycles. The molecule has 12 heteroatoms. The van der Waals surface area contributed by atoms with Gasteiger partial charge in [0, 0.05) is 5.56 Å². The Morgan fingerprint density at radius 3 is 2.81 bits per heavy atom. The lowest BCUT2D eigenvalue weighted by molar-refractivity contribution is 0.0946. The van der Waals surface area contributed by atoms with Crippen LogP contribution >= 0.6 is 0 Å². The molecule has 0 saturated carbocycles. The molecular weight excluding hydrogens is 356 g/mol. The number of aromatic nitrogens is 5. The molecule has 3 aromatic rings. The summed E-state index contributed by atoms with van der Waals surface area (Å²) in [6.45, 7) is 1.61. The summed E-state index contributed by atoms with van der Waals surface area (Å²) in [4.78, 5) is 12.5. The summed E-state index contributed by atoms with van der Waals surface area (Å²) in [5.41, 5.74) is 9.10. The van der Waals surface area contributed by atoms with Crippen molar-refractivity contribution in [1.82, 2.24) is 30.7 Å². The Balaban J connectivity index is 1.83. The van der Waals surface area contributed by atoms with Crippen LogP contribution < -0.4 is 20.6 Å². The second-order valence-corrected chi connectivity index (χ2v) is 5.19. The first-order chi connectivity index (χ1) is 13.1. The molecule has 140 valence electrons. The number of methoxy groups -OCH3 is 2. The number of aryl methyl sites for hydroxylation is 1. The largest absolute Gasteiger partial charge is 0.493 e. The number of para-hydroxylation sites is 1. The maximum absolute atomic E-state index is 12.5. The van der Waals surface area contributed by atoms with E-state index in [1.54, 1.807) is 25.1 Å². The van der Waals surface area contributed by atoms with Crippen molar-refractivity contribution in [3.63, 3.8) is 0 Å². The highest BCUT2D eigenvalue weighted by Gasteiger charge is 2.22. The van der Waals surface area contributed by atoms with Gasteiger partial charge in [0.15, 0.2) is 17.2 Å². The molecule has 0 bridgehead atoms. The van der Waals surface area contributed by atoms with Gasteiger partial charge in [-0.3, -0.25) is 4.79 Å². The quantitative estimate of drug-likeness (QED) is 0.459. The molecule has 2 heterocycles. The Bertz CT molecular complexity index is 994. The highest BCUT2D eigenvalue weighted by molar-refractivity contribution is 5.95. The summed E-state index contributed by atoms with van der Waals surface area (Å²) < 4.78 is 16.2. The van der Waals surface area contributed by atoms with Crippen molar-refractivity contribution in [3.05, 3.63) is 35.2 Å². The second-order valence-electron chi connectivity index (χ2n) is 5.19. The number of amides is 1. The number of rotatable bonds is 6. The Kier molecular flexibility index (Phi) is 4.97. The number of nitrogens with zero attached hydrogens (tertiary/aromatic N) is 6. The number of benzene rings is 1. The third-order valence-electron chi connectivity index (χ3n) is 3.55. The lowest BCUT2D eigenvalue weighted by atomic mass is 10.2. The first kappa shape index (κ1) is 17.8. The fourth-order valence-corrected chi connectivity index (χ4v) is 2.33. The Labute approximate surface area is 152 Å². The maximum Gasteiger partial charge on any atom is 0.292 e. The van der Waals surface area contributed by atoms with Crippen molar-refractivity contribution in [2.45, 2.75) is 6.92 Å². The molecule has 0 atom stereocenters. The van der Waals surface area contributed by atoms with Gasteiger partial charge in [-0.25, -0.2) is 10.1 Å². The van der Waals surface area contributed by atoms with Crippen LogP contribution in [0.2, 0.25) is 0 Å². The van der Waals surface area contributed by atoms with Gasteiger partial charge in [0.25, 0.3) is 5.91 Å². The van der Waals surface area contributed by atoms with Crippen molar-refractivity contribution in [3.8, 4) is 17.3 Å². The van der Waals surface area contributed by atoms with Crippen LogP contribution in [0.4, 0.5) is 5.82 Å².